The zero-order valence-electron chi connectivity index (χ0n) is 7.42. The van der Waals surface area contributed by atoms with E-state index in [2.05, 4.69) is 0 Å². The van der Waals surface area contributed by atoms with Gasteiger partial charge in [0.15, 0.2) is 0 Å². The highest BCUT2D eigenvalue weighted by atomic mass is 35.7. The Labute approximate surface area is 78.5 Å². The normalized spacial score (nSPS) is 14.6. The lowest BCUT2D eigenvalue weighted by molar-refractivity contribution is 0.180. The lowest BCUT2D eigenvalue weighted by Crippen LogP contribution is -2.13. The molecular formula is C7H15ClO3S. The molecule has 0 rings (SSSR count). The van der Waals surface area contributed by atoms with E-state index in [0.717, 1.165) is 12.8 Å². The van der Waals surface area contributed by atoms with Crippen LogP contribution in [-0.2, 0) is 13.8 Å². The number of ether oxygens (including phenoxy) is 1. The summed E-state index contributed by atoms with van der Waals surface area (Å²) in [5.74, 6) is 0.168. The molecule has 0 aromatic heterocycles. The van der Waals surface area contributed by atoms with Crippen LogP contribution in [0.15, 0.2) is 0 Å². The minimum absolute atomic E-state index is 0.0500. The van der Waals surface area contributed by atoms with E-state index in [1.807, 2.05) is 6.92 Å². The Balaban J connectivity index is 3.83. The molecule has 0 heterocycles. The quantitative estimate of drug-likeness (QED) is 0.631. The maximum atomic E-state index is 10.7. The summed E-state index contributed by atoms with van der Waals surface area (Å²) < 4.78 is 26.2. The predicted octanol–water partition coefficient (Wildman–Crippen LogP) is 1.62. The fourth-order valence-electron chi connectivity index (χ4n) is 0.971. The predicted molar refractivity (Wildman–Crippen MR) is 49.9 cm³/mol. The summed E-state index contributed by atoms with van der Waals surface area (Å²) in [6, 6.07) is 0. The van der Waals surface area contributed by atoms with Crippen molar-refractivity contribution < 1.29 is 13.2 Å². The zero-order chi connectivity index (χ0) is 9.61. The minimum atomic E-state index is -3.35. The van der Waals surface area contributed by atoms with Crippen LogP contribution in [0.25, 0.3) is 0 Å². The van der Waals surface area contributed by atoms with Gasteiger partial charge >= 0.3 is 0 Å². The molecule has 0 N–H and O–H groups in total. The lowest BCUT2D eigenvalue weighted by Gasteiger charge is -2.11. The van der Waals surface area contributed by atoms with Crippen molar-refractivity contribution in [3.8, 4) is 0 Å². The van der Waals surface area contributed by atoms with Gasteiger partial charge in [-0.05, 0) is 12.3 Å². The highest BCUT2D eigenvalue weighted by Gasteiger charge is 2.14. The Morgan fingerprint density at radius 3 is 2.42 bits per heavy atom. The lowest BCUT2D eigenvalue weighted by atomic mass is 10.1. The van der Waals surface area contributed by atoms with Crippen molar-refractivity contribution in [1.82, 2.24) is 0 Å². The topological polar surface area (TPSA) is 43.4 Å². The van der Waals surface area contributed by atoms with E-state index in [0.29, 0.717) is 6.61 Å². The number of hydrogen-bond acceptors (Lipinski definition) is 3. The van der Waals surface area contributed by atoms with Gasteiger partial charge in [0, 0.05) is 24.4 Å². The smallest absolute Gasteiger partial charge is 0.232 e. The van der Waals surface area contributed by atoms with Crippen LogP contribution < -0.4 is 0 Å². The molecule has 0 spiro atoms. The maximum absolute atomic E-state index is 10.7. The average molecular weight is 215 g/mol. The van der Waals surface area contributed by atoms with Gasteiger partial charge in [-0.3, -0.25) is 0 Å². The Morgan fingerprint density at radius 1 is 1.50 bits per heavy atom. The highest BCUT2D eigenvalue weighted by molar-refractivity contribution is 8.13. The molecule has 1 atom stereocenters. The summed E-state index contributed by atoms with van der Waals surface area (Å²) in [4.78, 5) is 0. The molecule has 12 heavy (non-hydrogen) atoms. The van der Waals surface area contributed by atoms with Crippen LogP contribution in [0.3, 0.4) is 0 Å². The molecule has 0 bridgehead atoms. The van der Waals surface area contributed by atoms with E-state index in [9.17, 15) is 8.42 Å². The SMILES string of the molecule is CC[C@H](CCOC)CS(=O)(=O)Cl. The van der Waals surface area contributed by atoms with Crippen LogP contribution in [0.2, 0.25) is 0 Å². The molecule has 0 unspecified atom stereocenters. The number of halogens is 1. The van der Waals surface area contributed by atoms with Gasteiger partial charge in [-0.25, -0.2) is 8.42 Å². The number of methoxy groups -OCH3 is 1. The second kappa shape index (κ2) is 5.78. The van der Waals surface area contributed by atoms with Gasteiger partial charge < -0.3 is 4.74 Å². The standard InChI is InChI=1S/C7H15ClO3S/c1-3-7(4-5-11-2)6-12(8,9)10/h7H,3-6H2,1-2H3/t7-/m1/s1. The largest absolute Gasteiger partial charge is 0.385 e. The van der Waals surface area contributed by atoms with Crippen LogP contribution >= 0.6 is 10.7 Å². The molecule has 0 aromatic rings. The van der Waals surface area contributed by atoms with Crippen molar-refractivity contribution in [2.75, 3.05) is 19.5 Å². The molecule has 5 heteroatoms. The van der Waals surface area contributed by atoms with Crippen molar-refractivity contribution in [2.45, 2.75) is 19.8 Å². The molecule has 0 amide bonds. The molecule has 0 radical (unpaired) electrons. The van der Waals surface area contributed by atoms with Crippen molar-refractivity contribution in [2.24, 2.45) is 5.92 Å². The summed E-state index contributed by atoms with van der Waals surface area (Å²) in [6.45, 7) is 2.54. The summed E-state index contributed by atoms with van der Waals surface area (Å²) in [6.07, 6.45) is 1.56. The van der Waals surface area contributed by atoms with Crippen LogP contribution in [0.1, 0.15) is 19.8 Å². The van der Waals surface area contributed by atoms with Gasteiger partial charge in [0.1, 0.15) is 0 Å². The van der Waals surface area contributed by atoms with Gasteiger partial charge in [-0.15, -0.1) is 0 Å². The summed E-state index contributed by atoms with van der Waals surface area (Å²) in [7, 11) is 3.37. The van der Waals surface area contributed by atoms with Gasteiger partial charge in [-0.1, -0.05) is 13.3 Å². The molecule has 0 aromatic carbocycles. The van der Waals surface area contributed by atoms with Gasteiger partial charge in [0.25, 0.3) is 0 Å². The van der Waals surface area contributed by atoms with Crippen molar-refractivity contribution in [3.63, 3.8) is 0 Å². The fourth-order valence-corrected chi connectivity index (χ4v) is 2.47. The second-order valence-electron chi connectivity index (χ2n) is 2.76. The number of rotatable bonds is 6. The fraction of sp³-hybridized carbons (Fsp3) is 1.00. The zero-order valence-corrected chi connectivity index (χ0v) is 8.99. The summed E-state index contributed by atoms with van der Waals surface area (Å²) in [5.41, 5.74) is 0. The molecular weight excluding hydrogens is 200 g/mol. The molecule has 0 aliphatic carbocycles. The van der Waals surface area contributed by atoms with Crippen LogP contribution in [0, 0.1) is 5.92 Å². The minimum Gasteiger partial charge on any atom is -0.385 e. The van der Waals surface area contributed by atoms with Gasteiger partial charge in [-0.2, -0.15) is 0 Å². The van der Waals surface area contributed by atoms with Crippen LogP contribution in [-0.4, -0.2) is 27.9 Å². The summed E-state index contributed by atoms with van der Waals surface area (Å²) >= 11 is 0. The Hall–Kier alpha value is 0.200. The number of hydrogen-bond donors (Lipinski definition) is 0. The first kappa shape index (κ1) is 12.2. The Bertz CT molecular complexity index is 201. The first-order valence-electron chi connectivity index (χ1n) is 3.91. The Kier molecular flexibility index (Phi) is 5.88. The monoisotopic (exact) mass is 214 g/mol. The third kappa shape index (κ3) is 6.88. The average Bonchev–Trinajstić information content (AvgIpc) is 1.95. The van der Waals surface area contributed by atoms with E-state index in [1.54, 1.807) is 7.11 Å². The molecule has 0 aliphatic rings. The molecule has 0 fully saturated rings. The van der Waals surface area contributed by atoms with E-state index < -0.39 is 9.05 Å². The molecule has 0 aliphatic heterocycles. The van der Waals surface area contributed by atoms with Crippen molar-refractivity contribution in [1.29, 1.82) is 0 Å². The highest BCUT2D eigenvalue weighted by Crippen LogP contribution is 2.13. The first-order valence-corrected chi connectivity index (χ1v) is 6.38. The first-order chi connectivity index (χ1) is 5.49. The van der Waals surface area contributed by atoms with Gasteiger partial charge in [0.2, 0.25) is 9.05 Å². The van der Waals surface area contributed by atoms with Crippen molar-refractivity contribution in [3.05, 3.63) is 0 Å². The van der Waals surface area contributed by atoms with Crippen LogP contribution in [0.5, 0.6) is 0 Å². The van der Waals surface area contributed by atoms with E-state index in [4.69, 9.17) is 15.4 Å². The maximum Gasteiger partial charge on any atom is 0.232 e. The molecule has 3 nitrogen and oxygen atoms in total. The van der Waals surface area contributed by atoms with Crippen molar-refractivity contribution >= 4 is 19.7 Å². The second-order valence-corrected chi connectivity index (χ2v) is 5.58. The van der Waals surface area contributed by atoms with E-state index in [-0.39, 0.29) is 11.7 Å². The van der Waals surface area contributed by atoms with E-state index in [1.165, 1.54) is 0 Å². The third-order valence-electron chi connectivity index (χ3n) is 1.74. The molecule has 74 valence electrons. The van der Waals surface area contributed by atoms with Gasteiger partial charge in [0.05, 0.1) is 5.75 Å². The molecule has 0 saturated carbocycles. The third-order valence-corrected chi connectivity index (χ3v) is 2.99. The summed E-state index contributed by atoms with van der Waals surface area (Å²) in [5, 5.41) is 0. The Morgan fingerprint density at radius 2 is 2.08 bits per heavy atom. The van der Waals surface area contributed by atoms with E-state index >= 15 is 0 Å². The molecule has 0 saturated heterocycles. The van der Waals surface area contributed by atoms with Crippen LogP contribution in [0.4, 0.5) is 0 Å².